The number of rotatable bonds is 7. The van der Waals surface area contributed by atoms with Gasteiger partial charge in [-0.2, -0.15) is 0 Å². The number of fused-ring (bicyclic) bond motifs is 1. The lowest BCUT2D eigenvalue weighted by molar-refractivity contribution is 0.0656. The van der Waals surface area contributed by atoms with E-state index in [9.17, 15) is 14.0 Å². The highest BCUT2D eigenvalue weighted by Gasteiger charge is 2.38. The molecule has 7 heteroatoms. The van der Waals surface area contributed by atoms with E-state index in [2.05, 4.69) is 40.3 Å². The van der Waals surface area contributed by atoms with Gasteiger partial charge in [0.2, 0.25) is 0 Å². The fourth-order valence-electron chi connectivity index (χ4n) is 4.85. The lowest BCUT2D eigenvalue weighted by Crippen LogP contribution is -2.46. The molecule has 2 aliphatic heterocycles. The predicted octanol–water partition coefficient (Wildman–Crippen LogP) is 4.71. The highest BCUT2D eigenvalue weighted by atomic mass is 32.2. The summed E-state index contributed by atoms with van der Waals surface area (Å²) in [6, 6.07) is 20.7. The van der Waals surface area contributed by atoms with E-state index in [1.54, 1.807) is 36.0 Å². The number of hydrogen-bond acceptors (Lipinski definition) is 5. The summed E-state index contributed by atoms with van der Waals surface area (Å²) in [6.07, 6.45) is 2.37. The summed E-state index contributed by atoms with van der Waals surface area (Å²) in [6.45, 7) is 4.40. The Morgan fingerprint density at radius 3 is 2.31 bits per heavy atom. The molecular weight excluding hydrogens is 461 g/mol. The number of carbonyl (C=O) groups excluding carboxylic acids is 2. The van der Waals surface area contributed by atoms with Crippen molar-refractivity contribution in [3.63, 3.8) is 0 Å². The first kappa shape index (κ1) is 23.6. The molecule has 0 aromatic heterocycles. The predicted molar refractivity (Wildman–Crippen MR) is 138 cm³/mol. The zero-order valence-electron chi connectivity index (χ0n) is 19.7. The molecule has 35 heavy (non-hydrogen) atoms. The smallest absolute Gasteiger partial charge is 0.263 e. The number of imide groups is 1. The second-order valence-electron chi connectivity index (χ2n) is 8.91. The highest BCUT2D eigenvalue weighted by Crippen LogP contribution is 2.32. The Kier molecular flexibility index (Phi) is 6.88. The van der Waals surface area contributed by atoms with Crippen molar-refractivity contribution in [2.75, 3.05) is 43.9 Å². The van der Waals surface area contributed by atoms with Crippen LogP contribution in [0.4, 0.5) is 10.1 Å². The number of anilines is 1. The molecule has 0 aliphatic carbocycles. The van der Waals surface area contributed by atoms with Crippen LogP contribution in [0.2, 0.25) is 0 Å². The second-order valence-corrected chi connectivity index (χ2v) is 9.79. The van der Waals surface area contributed by atoms with Crippen molar-refractivity contribution in [1.29, 1.82) is 0 Å². The quantitative estimate of drug-likeness (QED) is 0.355. The minimum absolute atomic E-state index is 0.163. The Morgan fingerprint density at radius 1 is 0.857 bits per heavy atom. The van der Waals surface area contributed by atoms with Crippen LogP contribution in [-0.4, -0.2) is 60.6 Å². The third kappa shape index (κ3) is 4.83. The van der Waals surface area contributed by atoms with E-state index in [1.807, 2.05) is 12.1 Å². The minimum Gasteiger partial charge on any atom is -0.368 e. The maximum atomic E-state index is 14.0. The van der Waals surface area contributed by atoms with Crippen LogP contribution < -0.4 is 4.90 Å². The number of amides is 2. The molecule has 1 saturated heterocycles. The van der Waals surface area contributed by atoms with Gasteiger partial charge >= 0.3 is 0 Å². The Hall–Kier alpha value is -3.16. The first-order chi connectivity index (χ1) is 17.0. The van der Waals surface area contributed by atoms with Crippen molar-refractivity contribution >= 4 is 29.3 Å². The molecule has 0 saturated carbocycles. The zero-order chi connectivity index (χ0) is 24.4. The maximum absolute atomic E-state index is 14.0. The summed E-state index contributed by atoms with van der Waals surface area (Å²) in [5.74, 6) is -0.897. The Morgan fingerprint density at radius 2 is 1.60 bits per heavy atom. The van der Waals surface area contributed by atoms with Crippen molar-refractivity contribution in [3.05, 3.63) is 94.8 Å². The monoisotopic (exact) mass is 489 g/mol. The van der Waals surface area contributed by atoms with Crippen LogP contribution in [0.25, 0.3) is 0 Å². The Labute approximate surface area is 209 Å². The van der Waals surface area contributed by atoms with Gasteiger partial charge in [-0.15, -0.1) is 11.8 Å². The number of benzene rings is 3. The van der Waals surface area contributed by atoms with E-state index in [1.165, 1.54) is 21.4 Å². The molecule has 3 aromatic carbocycles. The van der Waals surface area contributed by atoms with Crippen molar-refractivity contribution in [2.24, 2.45) is 0 Å². The maximum Gasteiger partial charge on any atom is 0.263 e. The lowest BCUT2D eigenvalue weighted by Gasteiger charge is -2.36. The molecule has 2 amide bonds. The molecule has 180 valence electrons. The molecule has 3 aromatic rings. The Bertz CT molecular complexity index is 1240. The lowest BCUT2D eigenvalue weighted by atomic mass is 10.1. The highest BCUT2D eigenvalue weighted by molar-refractivity contribution is 7.98. The van der Waals surface area contributed by atoms with Crippen molar-refractivity contribution in [3.8, 4) is 0 Å². The van der Waals surface area contributed by atoms with Gasteiger partial charge in [-0.3, -0.25) is 19.4 Å². The van der Waals surface area contributed by atoms with E-state index < -0.39 is 0 Å². The number of carbonyl (C=O) groups is 2. The first-order valence-electron chi connectivity index (χ1n) is 11.9. The zero-order valence-corrected chi connectivity index (χ0v) is 20.6. The van der Waals surface area contributed by atoms with E-state index in [4.69, 9.17) is 0 Å². The number of hydrogen-bond donors (Lipinski definition) is 0. The van der Waals surface area contributed by atoms with Crippen LogP contribution in [0.5, 0.6) is 0 Å². The molecule has 0 atom stereocenters. The van der Waals surface area contributed by atoms with Crippen LogP contribution >= 0.6 is 11.8 Å². The summed E-state index contributed by atoms with van der Waals surface area (Å²) in [4.78, 5) is 33.5. The van der Waals surface area contributed by atoms with Gasteiger partial charge in [-0.25, -0.2) is 4.39 Å². The van der Waals surface area contributed by atoms with E-state index in [0.29, 0.717) is 23.1 Å². The molecule has 5 nitrogen and oxygen atoms in total. The van der Waals surface area contributed by atoms with Crippen molar-refractivity contribution in [1.82, 2.24) is 9.80 Å². The third-order valence-electron chi connectivity index (χ3n) is 6.82. The average Bonchev–Trinajstić information content (AvgIpc) is 3.14. The molecule has 2 heterocycles. The summed E-state index contributed by atoms with van der Waals surface area (Å²) >= 11 is 1.74. The van der Waals surface area contributed by atoms with Gasteiger partial charge < -0.3 is 4.90 Å². The summed E-state index contributed by atoms with van der Waals surface area (Å²) in [5, 5.41) is 0. The average molecular weight is 490 g/mol. The van der Waals surface area contributed by atoms with Crippen LogP contribution in [0.1, 0.15) is 31.8 Å². The SMILES string of the molecule is CSc1ccc(CN2CCN(c3cccc4c3C(=O)N(CCc3ccccc3F)C4=O)CC2)cc1. The van der Waals surface area contributed by atoms with Gasteiger partial charge in [0.25, 0.3) is 11.8 Å². The van der Waals surface area contributed by atoms with Gasteiger partial charge in [0, 0.05) is 44.2 Å². The Balaban J connectivity index is 1.26. The second kappa shape index (κ2) is 10.2. The number of thioether (sulfide) groups is 1. The largest absolute Gasteiger partial charge is 0.368 e. The number of halogens is 1. The summed E-state index contributed by atoms with van der Waals surface area (Å²) in [5.41, 5.74) is 3.54. The normalized spacial score (nSPS) is 16.2. The summed E-state index contributed by atoms with van der Waals surface area (Å²) in [7, 11) is 0. The van der Waals surface area contributed by atoms with Crippen molar-refractivity contribution in [2.45, 2.75) is 17.9 Å². The van der Waals surface area contributed by atoms with Gasteiger partial charge in [0.05, 0.1) is 16.8 Å². The van der Waals surface area contributed by atoms with Crippen LogP contribution in [0.15, 0.2) is 71.6 Å². The number of nitrogens with zero attached hydrogens (tertiary/aromatic N) is 3. The molecule has 2 aliphatic rings. The molecule has 1 fully saturated rings. The molecule has 0 radical (unpaired) electrons. The van der Waals surface area contributed by atoms with Gasteiger partial charge in [0.1, 0.15) is 5.82 Å². The third-order valence-corrected chi connectivity index (χ3v) is 7.56. The van der Waals surface area contributed by atoms with E-state index in [0.717, 1.165) is 38.4 Å². The molecule has 0 unspecified atom stereocenters. The van der Waals surface area contributed by atoms with Gasteiger partial charge in [-0.1, -0.05) is 36.4 Å². The van der Waals surface area contributed by atoms with Gasteiger partial charge in [-0.05, 0) is 54.1 Å². The van der Waals surface area contributed by atoms with Crippen LogP contribution in [0.3, 0.4) is 0 Å². The van der Waals surface area contributed by atoms with Crippen LogP contribution in [0, 0.1) is 5.82 Å². The van der Waals surface area contributed by atoms with Crippen LogP contribution in [-0.2, 0) is 13.0 Å². The fourth-order valence-corrected chi connectivity index (χ4v) is 5.26. The van der Waals surface area contributed by atoms with Crippen molar-refractivity contribution < 1.29 is 14.0 Å². The molecular formula is C28H28FN3O2S. The number of piperazine rings is 1. The molecule has 0 N–H and O–H groups in total. The topological polar surface area (TPSA) is 43.9 Å². The summed E-state index contributed by atoms with van der Waals surface area (Å²) < 4.78 is 14.0. The van der Waals surface area contributed by atoms with E-state index >= 15 is 0 Å². The minimum atomic E-state index is -0.317. The van der Waals surface area contributed by atoms with Gasteiger partial charge in [0.15, 0.2) is 0 Å². The molecule has 0 bridgehead atoms. The fraction of sp³-hybridized carbons (Fsp3) is 0.286. The van der Waals surface area contributed by atoms with E-state index in [-0.39, 0.29) is 24.2 Å². The molecule has 0 spiro atoms. The standard InChI is InChI=1S/C28H28FN3O2S/c1-35-22-11-9-20(10-12-22)19-30-15-17-31(18-16-30)25-8-4-6-23-26(25)28(34)32(27(23)33)14-13-21-5-2-3-7-24(21)29/h2-12H,13-19H2,1H3. The first-order valence-corrected chi connectivity index (χ1v) is 13.1. The molecule has 5 rings (SSSR count).